The summed E-state index contributed by atoms with van der Waals surface area (Å²) in [6, 6.07) is 3.68. The molecule has 3 heterocycles. The normalized spacial score (nSPS) is 22.8. The molecular formula is C28H36FN5O5. The summed E-state index contributed by atoms with van der Waals surface area (Å²) in [5.74, 6) is -0.0174. The Kier molecular flexibility index (Phi) is 7.61. The van der Waals surface area contributed by atoms with Gasteiger partial charge in [0.25, 0.3) is 0 Å². The number of halogens is 1. The van der Waals surface area contributed by atoms with Crippen LogP contribution in [-0.2, 0) is 26.3 Å². The first-order chi connectivity index (χ1) is 18.8. The first-order valence-corrected chi connectivity index (χ1v) is 13.8. The molecule has 5 rings (SSSR count). The molecule has 2 N–H and O–H groups in total. The number of benzene rings is 1. The van der Waals surface area contributed by atoms with Crippen LogP contribution in [0.25, 0.3) is 0 Å². The molecule has 1 atom stereocenters. The molecule has 1 saturated heterocycles. The maximum absolute atomic E-state index is 15.7. The fourth-order valence-electron chi connectivity index (χ4n) is 6.65. The lowest BCUT2D eigenvalue weighted by Gasteiger charge is -2.37. The highest BCUT2D eigenvalue weighted by Gasteiger charge is 2.48. The van der Waals surface area contributed by atoms with Gasteiger partial charge in [-0.3, -0.25) is 19.4 Å². The molecule has 39 heavy (non-hydrogen) atoms. The van der Waals surface area contributed by atoms with E-state index in [-0.39, 0.29) is 23.8 Å². The van der Waals surface area contributed by atoms with Crippen molar-refractivity contribution in [2.24, 2.45) is 11.8 Å². The molecule has 11 heteroatoms. The number of hydrogen-bond acceptors (Lipinski definition) is 5. The van der Waals surface area contributed by atoms with E-state index in [1.807, 2.05) is 6.92 Å². The SMILES string of the molecule is CCn1nccc1N(C=O)[C@H](C(=O)Nc1cc(F)c2c(c1)N(C(=O)O)CC21CCOCC1)C1CCC(C)CC1. The Labute approximate surface area is 227 Å². The molecule has 0 unspecified atom stereocenters. The molecule has 10 nitrogen and oxygen atoms in total. The number of nitrogens with zero attached hydrogens (tertiary/aromatic N) is 4. The third-order valence-electron chi connectivity index (χ3n) is 8.75. The minimum Gasteiger partial charge on any atom is -0.465 e. The molecule has 1 aromatic heterocycles. The lowest BCUT2D eigenvalue weighted by atomic mass is 9.75. The largest absolute Gasteiger partial charge is 0.465 e. The fraction of sp³-hybridized carbons (Fsp3) is 0.571. The Hall–Kier alpha value is -3.47. The molecule has 3 amide bonds. The monoisotopic (exact) mass is 541 g/mol. The second-order valence-electron chi connectivity index (χ2n) is 11.1. The Morgan fingerprint density at radius 2 is 2.00 bits per heavy atom. The van der Waals surface area contributed by atoms with Crippen molar-refractivity contribution in [3.8, 4) is 0 Å². The van der Waals surface area contributed by atoms with Crippen molar-refractivity contribution in [3.05, 3.63) is 35.8 Å². The van der Waals surface area contributed by atoms with Gasteiger partial charge in [0.05, 0.1) is 11.9 Å². The predicted molar refractivity (Wildman–Crippen MR) is 143 cm³/mol. The van der Waals surface area contributed by atoms with Gasteiger partial charge in [-0.25, -0.2) is 13.9 Å². The second-order valence-corrected chi connectivity index (χ2v) is 11.1. The van der Waals surface area contributed by atoms with Crippen LogP contribution >= 0.6 is 0 Å². The van der Waals surface area contributed by atoms with Crippen LogP contribution in [0.5, 0.6) is 0 Å². The van der Waals surface area contributed by atoms with Crippen LogP contribution in [0.3, 0.4) is 0 Å². The van der Waals surface area contributed by atoms with E-state index >= 15 is 4.39 Å². The van der Waals surface area contributed by atoms with Crippen molar-refractivity contribution >= 4 is 35.6 Å². The minimum absolute atomic E-state index is 0.0908. The van der Waals surface area contributed by atoms with Gasteiger partial charge in [-0.2, -0.15) is 5.10 Å². The predicted octanol–water partition coefficient (Wildman–Crippen LogP) is 4.38. The Morgan fingerprint density at radius 3 is 2.64 bits per heavy atom. The van der Waals surface area contributed by atoms with Crippen LogP contribution in [0.4, 0.5) is 26.4 Å². The number of aryl methyl sites for hydroxylation is 1. The number of carboxylic acid groups (broad SMARTS) is 1. The van der Waals surface area contributed by atoms with Crippen molar-refractivity contribution in [1.82, 2.24) is 9.78 Å². The van der Waals surface area contributed by atoms with Crippen LogP contribution in [0.15, 0.2) is 24.4 Å². The zero-order valence-electron chi connectivity index (χ0n) is 22.4. The van der Waals surface area contributed by atoms with Gasteiger partial charge in [-0.15, -0.1) is 0 Å². The average Bonchev–Trinajstić information content (AvgIpc) is 3.51. The first kappa shape index (κ1) is 27.1. The van der Waals surface area contributed by atoms with Crippen molar-refractivity contribution in [1.29, 1.82) is 0 Å². The molecule has 2 aliphatic heterocycles. The van der Waals surface area contributed by atoms with E-state index in [2.05, 4.69) is 17.3 Å². The topological polar surface area (TPSA) is 117 Å². The molecule has 1 aromatic carbocycles. The maximum Gasteiger partial charge on any atom is 0.411 e. The quantitative estimate of drug-likeness (QED) is 0.503. The zero-order valence-corrected chi connectivity index (χ0v) is 22.4. The maximum atomic E-state index is 15.7. The number of anilines is 3. The van der Waals surface area contributed by atoms with Crippen molar-refractivity contribution in [2.45, 2.75) is 70.4 Å². The number of fused-ring (bicyclic) bond motifs is 2. The molecule has 1 spiro atoms. The molecule has 0 radical (unpaired) electrons. The smallest absolute Gasteiger partial charge is 0.411 e. The zero-order chi connectivity index (χ0) is 27.7. The number of hydrogen-bond donors (Lipinski definition) is 2. The lowest BCUT2D eigenvalue weighted by Crippen LogP contribution is -2.50. The first-order valence-electron chi connectivity index (χ1n) is 13.8. The summed E-state index contributed by atoms with van der Waals surface area (Å²) in [5, 5.41) is 17.0. The Balaban J connectivity index is 1.49. The average molecular weight is 542 g/mol. The van der Waals surface area contributed by atoms with E-state index in [1.54, 1.807) is 16.9 Å². The van der Waals surface area contributed by atoms with E-state index in [4.69, 9.17) is 4.74 Å². The standard InChI is InChI=1S/C28H36FN5O5/c1-3-34-23(8-11-30-34)33(17-35)25(19-6-4-18(2)5-7-19)26(36)31-20-14-21(29)24-22(15-20)32(27(37)38)16-28(24)9-12-39-13-10-28/h8,11,14-15,17-19,25H,3-7,9-10,12-13,16H2,1-2H3,(H,31,36)(H,37,38)/t18?,19?,25-/m0/s1. The van der Waals surface area contributed by atoms with Crippen molar-refractivity contribution in [3.63, 3.8) is 0 Å². The summed E-state index contributed by atoms with van der Waals surface area (Å²) in [7, 11) is 0. The summed E-state index contributed by atoms with van der Waals surface area (Å²) >= 11 is 0. The number of rotatable bonds is 7. The molecule has 1 saturated carbocycles. The number of carbonyl (C=O) groups is 3. The van der Waals surface area contributed by atoms with Gasteiger partial charge in [0.15, 0.2) is 0 Å². The summed E-state index contributed by atoms with van der Waals surface area (Å²) < 4.78 is 22.9. The molecule has 210 valence electrons. The van der Waals surface area contributed by atoms with Crippen LogP contribution in [0.2, 0.25) is 0 Å². The van der Waals surface area contributed by atoms with Crippen LogP contribution in [0.1, 0.15) is 57.9 Å². The summed E-state index contributed by atoms with van der Waals surface area (Å²) in [6.07, 6.45) is 5.58. The fourth-order valence-corrected chi connectivity index (χ4v) is 6.65. The second kappa shape index (κ2) is 11.0. The van der Waals surface area contributed by atoms with Crippen LogP contribution < -0.4 is 15.1 Å². The highest BCUT2D eigenvalue weighted by atomic mass is 19.1. The third-order valence-corrected chi connectivity index (χ3v) is 8.75. The van der Waals surface area contributed by atoms with Crippen LogP contribution in [0, 0.1) is 17.7 Å². The lowest BCUT2D eigenvalue weighted by molar-refractivity contribution is -0.121. The molecule has 3 aliphatic rings. The number of aromatic nitrogens is 2. The molecule has 2 fully saturated rings. The van der Waals surface area contributed by atoms with E-state index in [1.165, 1.54) is 17.0 Å². The van der Waals surface area contributed by atoms with Crippen LogP contribution in [-0.4, -0.2) is 59.1 Å². The van der Waals surface area contributed by atoms with E-state index < -0.39 is 29.3 Å². The third kappa shape index (κ3) is 4.99. The van der Waals surface area contributed by atoms with Gasteiger partial charge in [0.1, 0.15) is 17.7 Å². The van der Waals surface area contributed by atoms with Gasteiger partial charge in [-0.1, -0.05) is 19.8 Å². The minimum atomic E-state index is -1.17. The summed E-state index contributed by atoms with van der Waals surface area (Å²) in [6.45, 7) is 5.63. The van der Waals surface area contributed by atoms with E-state index in [9.17, 15) is 19.5 Å². The molecular weight excluding hydrogens is 505 g/mol. The highest BCUT2D eigenvalue weighted by Crippen LogP contribution is 2.49. The van der Waals surface area contributed by atoms with Gasteiger partial charge in [0, 0.05) is 49.0 Å². The number of ether oxygens (including phenoxy) is 1. The van der Waals surface area contributed by atoms with Gasteiger partial charge in [0.2, 0.25) is 12.3 Å². The highest BCUT2D eigenvalue weighted by molar-refractivity contribution is 6.01. The number of carbonyl (C=O) groups excluding carboxylic acids is 2. The van der Waals surface area contributed by atoms with E-state index in [0.29, 0.717) is 56.3 Å². The van der Waals surface area contributed by atoms with Gasteiger partial charge < -0.3 is 15.2 Å². The summed E-state index contributed by atoms with van der Waals surface area (Å²) in [4.78, 5) is 41.1. The van der Waals surface area contributed by atoms with Crippen molar-refractivity contribution in [2.75, 3.05) is 34.9 Å². The Morgan fingerprint density at radius 1 is 1.28 bits per heavy atom. The summed E-state index contributed by atoms with van der Waals surface area (Å²) in [5.41, 5.74) is 0.132. The Bertz CT molecular complexity index is 1230. The molecule has 2 aromatic rings. The van der Waals surface area contributed by atoms with Gasteiger partial charge in [-0.05, 0) is 56.6 Å². The molecule has 0 bridgehead atoms. The number of nitrogens with one attached hydrogen (secondary N) is 1. The van der Waals surface area contributed by atoms with E-state index in [0.717, 1.165) is 30.6 Å². The molecule has 1 aliphatic carbocycles. The number of amides is 3. The van der Waals surface area contributed by atoms with Crippen molar-refractivity contribution < 1.29 is 28.6 Å². The van der Waals surface area contributed by atoms with Gasteiger partial charge >= 0.3 is 6.09 Å².